The van der Waals surface area contributed by atoms with Gasteiger partial charge in [0.05, 0.1) is 0 Å². The number of rotatable bonds is 1. The van der Waals surface area contributed by atoms with E-state index in [9.17, 15) is 0 Å². The smallest absolute Gasteiger partial charge is 0.258 e. The van der Waals surface area contributed by atoms with Crippen LogP contribution in [0, 0.1) is 6.42 Å². The minimum absolute atomic E-state index is 0. The molecule has 0 atom stereocenters. The zero-order valence-electron chi connectivity index (χ0n) is 9.99. The maximum Gasteiger partial charge on any atom is 1.00 e. The molecule has 0 spiro atoms. The molecule has 2 heteroatoms. The van der Waals surface area contributed by atoms with Crippen LogP contribution in [0.4, 0.5) is 0 Å². The summed E-state index contributed by atoms with van der Waals surface area (Å²) in [5, 5.41) is 1.20. The standard InChI is InChI=1S/C11H10N.C2H6.Rb/c1-2-9-5-6-11-10(8-9)4-3-7-12-11;1-2;/h2-8H,1H3;1-2H3;/q-1;;+1. The minimum Gasteiger partial charge on any atom is -0.258 e. The SMILES string of the molecule is CC.C[CH-]c1ccc2ncccc2c1.[Rb+]. The summed E-state index contributed by atoms with van der Waals surface area (Å²) in [4.78, 5) is 4.24. The first kappa shape index (κ1) is 15.3. The molecule has 1 nitrogen and oxygen atoms in total. The Morgan fingerprint density at radius 2 is 1.87 bits per heavy atom. The number of nitrogens with zero attached hydrogens (tertiary/aromatic N) is 1. The second kappa shape index (κ2) is 8.46. The van der Waals surface area contributed by atoms with Crippen molar-refractivity contribution in [3.05, 3.63) is 48.5 Å². The number of fused-ring (bicyclic) bond motifs is 1. The largest absolute Gasteiger partial charge is 1.00 e. The van der Waals surface area contributed by atoms with E-state index in [0.717, 1.165) is 5.52 Å². The summed E-state index contributed by atoms with van der Waals surface area (Å²) >= 11 is 0. The van der Waals surface area contributed by atoms with Crippen LogP contribution >= 0.6 is 0 Å². The molecule has 2 aromatic rings. The molecular formula is C13H16NRb. The summed E-state index contributed by atoms with van der Waals surface area (Å²) < 4.78 is 0. The molecule has 0 unspecified atom stereocenters. The molecule has 15 heavy (non-hydrogen) atoms. The number of pyridine rings is 1. The van der Waals surface area contributed by atoms with Crippen molar-refractivity contribution in [2.75, 3.05) is 0 Å². The molecule has 74 valence electrons. The van der Waals surface area contributed by atoms with Gasteiger partial charge in [-0.1, -0.05) is 38.3 Å². The van der Waals surface area contributed by atoms with Crippen molar-refractivity contribution in [3.8, 4) is 0 Å². The third-order valence-corrected chi connectivity index (χ3v) is 1.96. The zero-order chi connectivity index (χ0) is 10.4. The van der Waals surface area contributed by atoms with E-state index in [0.29, 0.717) is 0 Å². The fourth-order valence-electron chi connectivity index (χ4n) is 1.27. The van der Waals surface area contributed by atoms with E-state index in [-0.39, 0.29) is 58.2 Å². The van der Waals surface area contributed by atoms with E-state index in [1.807, 2.05) is 39.1 Å². The second-order valence-corrected chi connectivity index (χ2v) is 2.74. The van der Waals surface area contributed by atoms with Crippen molar-refractivity contribution in [1.82, 2.24) is 4.98 Å². The van der Waals surface area contributed by atoms with Crippen molar-refractivity contribution in [2.24, 2.45) is 0 Å². The van der Waals surface area contributed by atoms with Gasteiger partial charge in [-0.05, 0) is 6.07 Å². The molecule has 0 saturated heterocycles. The van der Waals surface area contributed by atoms with Crippen LogP contribution in [0.15, 0.2) is 36.5 Å². The molecule has 0 saturated carbocycles. The maximum atomic E-state index is 4.24. The molecule has 0 fully saturated rings. The van der Waals surface area contributed by atoms with Crippen LogP contribution in [0.1, 0.15) is 26.3 Å². The van der Waals surface area contributed by atoms with E-state index in [1.54, 1.807) is 0 Å². The first-order valence-electron chi connectivity index (χ1n) is 5.04. The van der Waals surface area contributed by atoms with Gasteiger partial charge in [-0.3, -0.25) is 4.98 Å². The molecule has 2 rings (SSSR count). The van der Waals surface area contributed by atoms with Gasteiger partial charge in [0.1, 0.15) is 0 Å². The first-order chi connectivity index (χ1) is 6.90. The van der Waals surface area contributed by atoms with Gasteiger partial charge in [0.25, 0.3) is 0 Å². The Labute approximate surface area is 141 Å². The van der Waals surface area contributed by atoms with Gasteiger partial charge >= 0.3 is 58.2 Å². The molecular weight excluding hydrogens is 256 g/mol. The van der Waals surface area contributed by atoms with Gasteiger partial charge in [-0.2, -0.15) is 24.1 Å². The molecule has 0 amide bonds. The summed E-state index contributed by atoms with van der Waals surface area (Å²) in [5.41, 5.74) is 2.30. The van der Waals surface area contributed by atoms with Crippen LogP contribution in [0.25, 0.3) is 10.9 Å². The van der Waals surface area contributed by atoms with Crippen LogP contribution in [0.2, 0.25) is 0 Å². The number of hydrogen-bond acceptors (Lipinski definition) is 1. The zero-order valence-corrected chi connectivity index (χ0v) is 14.9. The Morgan fingerprint density at radius 3 is 2.53 bits per heavy atom. The normalized spacial score (nSPS) is 8.47. The fourth-order valence-corrected chi connectivity index (χ4v) is 1.27. The Hall–Kier alpha value is 0.305. The van der Waals surface area contributed by atoms with Crippen molar-refractivity contribution >= 4 is 10.9 Å². The molecule has 0 aliphatic carbocycles. The molecule has 0 bridgehead atoms. The number of hydrogen-bond donors (Lipinski definition) is 0. The molecule has 0 aliphatic heterocycles. The number of benzene rings is 1. The Balaban J connectivity index is 0.000000617. The van der Waals surface area contributed by atoms with Crippen molar-refractivity contribution < 1.29 is 58.2 Å². The topological polar surface area (TPSA) is 12.9 Å². The van der Waals surface area contributed by atoms with Gasteiger partial charge in [-0.15, -0.1) is 0 Å². The maximum absolute atomic E-state index is 4.24. The van der Waals surface area contributed by atoms with Crippen LogP contribution < -0.4 is 58.2 Å². The molecule has 0 N–H and O–H groups in total. The van der Waals surface area contributed by atoms with E-state index in [4.69, 9.17) is 0 Å². The first-order valence-corrected chi connectivity index (χ1v) is 5.04. The van der Waals surface area contributed by atoms with Crippen LogP contribution in [0.5, 0.6) is 0 Å². The van der Waals surface area contributed by atoms with Crippen molar-refractivity contribution in [2.45, 2.75) is 20.8 Å². The van der Waals surface area contributed by atoms with Crippen molar-refractivity contribution in [3.63, 3.8) is 0 Å². The summed E-state index contributed by atoms with van der Waals surface area (Å²) in [6.45, 7) is 6.04. The summed E-state index contributed by atoms with van der Waals surface area (Å²) in [7, 11) is 0. The molecule has 0 radical (unpaired) electrons. The molecule has 0 aliphatic rings. The number of aromatic nitrogens is 1. The minimum atomic E-state index is 0. The van der Waals surface area contributed by atoms with Crippen LogP contribution in [-0.2, 0) is 0 Å². The quantitative estimate of drug-likeness (QED) is 0.701. The predicted molar refractivity (Wildman–Crippen MR) is 62.2 cm³/mol. The van der Waals surface area contributed by atoms with E-state index in [2.05, 4.69) is 29.6 Å². The molecule has 1 aromatic carbocycles. The van der Waals surface area contributed by atoms with Gasteiger partial charge < -0.3 is 0 Å². The predicted octanol–water partition coefficient (Wildman–Crippen LogP) is 0.837. The van der Waals surface area contributed by atoms with Gasteiger partial charge in [-0.25, -0.2) is 0 Å². The summed E-state index contributed by atoms with van der Waals surface area (Å²) in [6.07, 6.45) is 3.91. The molecule has 1 heterocycles. The second-order valence-electron chi connectivity index (χ2n) is 2.74. The Bertz CT molecular complexity index is 398. The Morgan fingerprint density at radius 1 is 1.13 bits per heavy atom. The van der Waals surface area contributed by atoms with E-state index in [1.165, 1.54) is 10.9 Å². The average molecular weight is 272 g/mol. The van der Waals surface area contributed by atoms with Crippen LogP contribution in [0.3, 0.4) is 0 Å². The third kappa shape index (κ3) is 4.35. The third-order valence-electron chi connectivity index (χ3n) is 1.96. The molecule has 1 aromatic heterocycles. The van der Waals surface area contributed by atoms with Gasteiger partial charge in [0.2, 0.25) is 0 Å². The van der Waals surface area contributed by atoms with Gasteiger partial charge in [0.15, 0.2) is 0 Å². The fraction of sp³-hybridized carbons (Fsp3) is 0.231. The van der Waals surface area contributed by atoms with E-state index < -0.39 is 0 Å². The summed E-state index contributed by atoms with van der Waals surface area (Å²) in [6, 6.07) is 10.3. The summed E-state index contributed by atoms with van der Waals surface area (Å²) in [5.74, 6) is 0. The van der Waals surface area contributed by atoms with Crippen LogP contribution in [-0.4, -0.2) is 4.98 Å². The van der Waals surface area contributed by atoms with Crippen molar-refractivity contribution in [1.29, 1.82) is 0 Å². The average Bonchev–Trinajstić information content (AvgIpc) is 2.31. The monoisotopic (exact) mass is 271 g/mol. The van der Waals surface area contributed by atoms with E-state index >= 15 is 0 Å². The Kier molecular flexibility index (Phi) is 8.63. The van der Waals surface area contributed by atoms with Gasteiger partial charge in [0, 0.05) is 11.7 Å².